The van der Waals surface area contributed by atoms with Gasteiger partial charge in [-0.25, -0.2) is 14.2 Å². The highest BCUT2D eigenvalue weighted by molar-refractivity contribution is 9.10. The highest BCUT2D eigenvalue weighted by atomic mass is 79.9. The van der Waals surface area contributed by atoms with E-state index in [2.05, 4.69) is 31.1 Å². The zero-order valence-electron chi connectivity index (χ0n) is 21.7. The van der Waals surface area contributed by atoms with Gasteiger partial charge < -0.3 is 25.3 Å². The zero-order valence-corrected chi connectivity index (χ0v) is 24.1. The molecule has 13 heteroatoms. The molecule has 2 aromatic rings. The van der Waals surface area contributed by atoms with Crippen LogP contribution in [0.2, 0.25) is 0 Å². The molecule has 0 bridgehead atoms. The monoisotopic (exact) mass is 623 g/mol. The molecule has 2 aliphatic rings. The molecule has 1 aromatic carbocycles. The number of ether oxygens (including phenoxy) is 3. The second-order valence-corrected chi connectivity index (χ2v) is 10.7. The van der Waals surface area contributed by atoms with Gasteiger partial charge in [0.1, 0.15) is 24.5 Å². The van der Waals surface area contributed by atoms with Gasteiger partial charge >= 0.3 is 11.9 Å². The number of hydrogen-bond donors (Lipinski definition) is 2. The van der Waals surface area contributed by atoms with Crippen LogP contribution in [0.15, 0.2) is 50.5 Å². The number of benzene rings is 1. The second kappa shape index (κ2) is 13.6. The molecule has 1 fully saturated rings. The Bertz CT molecular complexity index is 1240. The second-order valence-electron chi connectivity index (χ2n) is 8.97. The summed E-state index contributed by atoms with van der Waals surface area (Å²) in [5, 5.41) is 5.78. The number of aromatic nitrogens is 1. The van der Waals surface area contributed by atoms with Crippen LogP contribution < -0.4 is 11.1 Å². The van der Waals surface area contributed by atoms with Crippen LogP contribution in [-0.2, 0) is 23.8 Å². The Hall–Kier alpha value is -2.71. The molecule has 1 aromatic heterocycles. The van der Waals surface area contributed by atoms with Crippen LogP contribution in [0.1, 0.15) is 36.9 Å². The van der Waals surface area contributed by atoms with Crippen molar-refractivity contribution in [1.29, 1.82) is 0 Å². The Labute approximate surface area is 238 Å². The van der Waals surface area contributed by atoms with E-state index in [1.54, 1.807) is 19.2 Å². The highest BCUT2D eigenvalue weighted by Gasteiger charge is 2.36. The van der Waals surface area contributed by atoms with Gasteiger partial charge in [-0.15, -0.1) is 11.3 Å². The summed E-state index contributed by atoms with van der Waals surface area (Å²) >= 11 is 4.84. The Kier molecular flexibility index (Phi) is 10.2. The molecule has 39 heavy (non-hydrogen) atoms. The topological polar surface area (TPSA) is 128 Å². The molecule has 3 atom stereocenters. The molecule has 0 amide bonds. The molecule has 210 valence electrons. The first kappa shape index (κ1) is 29.3. The number of hydrogen-bond acceptors (Lipinski definition) is 11. The van der Waals surface area contributed by atoms with Gasteiger partial charge in [0, 0.05) is 34.8 Å². The third-order valence-electron chi connectivity index (χ3n) is 6.38. The minimum atomic E-state index is -0.783. The number of morpholine rings is 1. The first-order chi connectivity index (χ1) is 18.8. The van der Waals surface area contributed by atoms with Crippen LogP contribution in [0, 0.1) is 5.82 Å². The Morgan fingerprint density at radius 2 is 2.18 bits per heavy atom. The van der Waals surface area contributed by atoms with Crippen LogP contribution in [-0.4, -0.2) is 79.3 Å². The first-order valence-corrected chi connectivity index (χ1v) is 14.3. The number of nitrogens with one attached hydrogen (secondary N) is 1. The van der Waals surface area contributed by atoms with Crippen LogP contribution in [0.3, 0.4) is 0 Å². The fourth-order valence-corrected chi connectivity index (χ4v) is 5.43. The lowest BCUT2D eigenvalue weighted by molar-refractivity contribution is -0.149. The standard InChI is InChI=1S/C26H31BrFN5O5S/c1-3-19(29)25(34)38-14-16-13-36-9-8-33(16)12-20-21(26(35)37-4-2)22(17-6-5-15(28)11-18(17)27)32-23(31-20)24-30-7-10-39-24/h5-7,10-11,16,19,22H,3-4,8-9,12-14,29H2,1-2H3,(H,31,32). The summed E-state index contributed by atoms with van der Waals surface area (Å²) in [6, 6.07) is 2.54. The molecule has 10 nitrogen and oxygen atoms in total. The smallest absolute Gasteiger partial charge is 0.338 e. The molecule has 0 saturated carbocycles. The number of thiazole rings is 1. The lowest BCUT2D eigenvalue weighted by atomic mass is 9.95. The molecular formula is C26H31BrFN5O5S. The molecule has 3 heterocycles. The van der Waals surface area contributed by atoms with E-state index in [1.165, 1.54) is 23.5 Å². The maximum absolute atomic E-state index is 14.0. The fourth-order valence-electron chi connectivity index (χ4n) is 4.27. The van der Waals surface area contributed by atoms with Crippen molar-refractivity contribution in [3.05, 3.63) is 61.9 Å². The predicted octanol–water partition coefficient (Wildman–Crippen LogP) is 2.93. The normalized spacial score (nSPS) is 20.7. The predicted molar refractivity (Wildman–Crippen MR) is 148 cm³/mol. The van der Waals surface area contributed by atoms with Crippen LogP contribution >= 0.6 is 27.3 Å². The van der Waals surface area contributed by atoms with Crippen LogP contribution in [0.25, 0.3) is 0 Å². The average Bonchev–Trinajstić information content (AvgIpc) is 3.47. The van der Waals surface area contributed by atoms with Crippen LogP contribution in [0.4, 0.5) is 4.39 Å². The molecule has 3 unspecified atom stereocenters. The highest BCUT2D eigenvalue weighted by Crippen LogP contribution is 2.37. The van der Waals surface area contributed by atoms with E-state index in [1.807, 2.05) is 12.3 Å². The maximum atomic E-state index is 14.0. The number of rotatable bonds is 10. The van der Waals surface area contributed by atoms with E-state index in [0.717, 1.165) is 0 Å². The van der Waals surface area contributed by atoms with Crippen molar-refractivity contribution in [2.45, 2.75) is 38.4 Å². The molecule has 0 spiro atoms. The SMILES string of the molecule is CCOC(=O)C1=C(CN2CCOCC2COC(=O)C(N)CC)NC(c2nccs2)=NC1c1ccc(F)cc1Br. The minimum Gasteiger partial charge on any atom is -0.463 e. The summed E-state index contributed by atoms with van der Waals surface area (Å²) in [7, 11) is 0. The number of halogens is 2. The van der Waals surface area contributed by atoms with Crippen molar-refractivity contribution in [2.75, 3.05) is 39.5 Å². The van der Waals surface area contributed by atoms with E-state index < -0.39 is 29.8 Å². The lowest BCUT2D eigenvalue weighted by Crippen LogP contribution is -2.51. The Morgan fingerprint density at radius 3 is 2.87 bits per heavy atom. The lowest BCUT2D eigenvalue weighted by Gasteiger charge is -2.37. The van der Waals surface area contributed by atoms with E-state index in [0.29, 0.717) is 64.9 Å². The van der Waals surface area contributed by atoms with Gasteiger partial charge in [-0.2, -0.15) is 0 Å². The molecular weight excluding hydrogens is 593 g/mol. The van der Waals surface area contributed by atoms with Gasteiger partial charge in [0.05, 0.1) is 31.4 Å². The van der Waals surface area contributed by atoms with Crippen molar-refractivity contribution < 1.29 is 28.2 Å². The number of aliphatic imine (C=N–C) groups is 1. The van der Waals surface area contributed by atoms with Gasteiger partial charge in [-0.05, 0) is 31.0 Å². The van der Waals surface area contributed by atoms with Crippen molar-refractivity contribution in [1.82, 2.24) is 15.2 Å². The average molecular weight is 625 g/mol. The Balaban J connectivity index is 1.72. The van der Waals surface area contributed by atoms with E-state index in [-0.39, 0.29) is 19.3 Å². The summed E-state index contributed by atoms with van der Waals surface area (Å²) in [6.07, 6.45) is 2.15. The molecule has 1 saturated heterocycles. The van der Waals surface area contributed by atoms with Crippen molar-refractivity contribution in [3.63, 3.8) is 0 Å². The number of amidine groups is 1. The number of nitrogens with two attached hydrogens (primary N) is 1. The van der Waals surface area contributed by atoms with Gasteiger partial charge in [-0.3, -0.25) is 14.7 Å². The molecule has 2 aliphatic heterocycles. The molecule has 0 radical (unpaired) electrons. The summed E-state index contributed by atoms with van der Waals surface area (Å²) < 4.78 is 31.0. The quantitative estimate of drug-likeness (QED) is 0.384. The number of nitrogens with zero attached hydrogens (tertiary/aromatic N) is 3. The van der Waals surface area contributed by atoms with Crippen LogP contribution in [0.5, 0.6) is 0 Å². The molecule has 3 N–H and O–H groups in total. The largest absolute Gasteiger partial charge is 0.463 e. The number of carbonyl (C=O) groups excluding carboxylic acids is 2. The summed E-state index contributed by atoms with van der Waals surface area (Å²) in [5.41, 5.74) is 7.29. The van der Waals surface area contributed by atoms with Gasteiger partial charge in [-0.1, -0.05) is 28.9 Å². The van der Waals surface area contributed by atoms with E-state index in [9.17, 15) is 14.0 Å². The molecule has 0 aliphatic carbocycles. The Morgan fingerprint density at radius 1 is 1.36 bits per heavy atom. The van der Waals surface area contributed by atoms with Gasteiger partial charge in [0.15, 0.2) is 10.8 Å². The van der Waals surface area contributed by atoms with Gasteiger partial charge in [0.25, 0.3) is 0 Å². The third-order valence-corrected chi connectivity index (χ3v) is 7.85. The summed E-state index contributed by atoms with van der Waals surface area (Å²) in [4.78, 5) is 36.9. The first-order valence-electron chi connectivity index (χ1n) is 12.7. The maximum Gasteiger partial charge on any atom is 0.338 e. The summed E-state index contributed by atoms with van der Waals surface area (Å²) in [6.45, 7) is 5.46. The van der Waals surface area contributed by atoms with Crippen molar-refractivity contribution in [3.8, 4) is 0 Å². The number of carbonyl (C=O) groups is 2. The molecule has 4 rings (SSSR count). The fraction of sp³-hybridized carbons (Fsp3) is 0.462. The van der Waals surface area contributed by atoms with E-state index in [4.69, 9.17) is 24.9 Å². The van der Waals surface area contributed by atoms with Gasteiger partial charge in [0.2, 0.25) is 0 Å². The van der Waals surface area contributed by atoms with Crippen molar-refractivity contribution >= 4 is 45.0 Å². The minimum absolute atomic E-state index is 0.0922. The third kappa shape index (κ3) is 7.09. The number of esters is 2. The van der Waals surface area contributed by atoms with Crippen molar-refractivity contribution in [2.24, 2.45) is 10.7 Å². The van der Waals surface area contributed by atoms with E-state index >= 15 is 0 Å². The summed E-state index contributed by atoms with van der Waals surface area (Å²) in [5.74, 6) is -0.934. The zero-order chi connectivity index (χ0) is 27.9.